The molecule has 0 bridgehead atoms. The predicted molar refractivity (Wildman–Crippen MR) is 165 cm³/mol. The Hall–Kier alpha value is -5.54. The van der Waals surface area contributed by atoms with Gasteiger partial charge in [0.05, 0.1) is 23.6 Å². The first-order valence-corrected chi connectivity index (χ1v) is 14.5. The van der Waals surface area contributed by atoms with Crippen molar-refractivity contribution in [3.8, 4) is 11.4 Å². The monoisotopic (exact) mass is 628 g/mol. The van der Waals surface area contributed by atoms with Crippen molar-refractivity contribution >= 4 is 29.1 Å². The maximum Gasteiger partial charge on any atom is 0.271 e. The summed E-state index contributed by atoms with van der Waals surface area (Å²) in [6, 6.07) is 17.6. The topological polar surface area (TPSA) is 206 Å². The van der Waals surface area contributed by atoms with Gasteiger partial charge in [-0.05, 0) is 48.2 Å². The van der Waals surface area contributed by atoms with E-state index in [4.69, 9.17) is 4.74 Å². The fraction of sp³-hybridized carbons (Fsp3) is 0.290. The molecule has 4 aromatic rings. The quantitative estimate of drug-likeness (QED) is 0.133. The molecule has 15 nitrogen and oxygen atoms in total. The summed E-state index contributed by atoms with van der Waals surface area (Å²) in [6.45, 7) is 0.770. The summed E-state index contributed by atoms with van der Waals surface area (Å²) in [4.78, 5) is 53.0. The van der Waals surface area contributed by atoms with E-state index in [1.807, 2.05) is 0 Å². The summed E-state index contributed by atoms with van der Waals surface area (Å²) in [5.74, 6) is -1.76. The number of carbonyl (C=O) groups excluding carboxylic acids is 3. The minimum absolute atomic E-state index is 0.0262. The lowest BCUT2D eigenvalue weighted by atomic mass is 9.99. The van der Waals surface area contributed by atoms with Crippen LogP contribution in [-0.2, 0) is 16.0 Å². The summed E-state index contributed by atoms with van der Waals surface area (Å²) in [6.07, 6.45) is -0.205. The van der Waals surface area contributed by atoms with Gasteiger partial charge in [-0.3, -0.25) is 24.5 Å². The van der Waals surface area contributed by atoms with Gasteiger partial charge >= 0.3 is 0 Å². The fourth-order valence-electron chi connectivity index (χ4n) is 5.39. The number of hydrogen-bond acceptors (Lipinski definition) is 10. The van der Waals surface area contributed by atoms with Crippen LogP contribution in [0.2, 0.25) is 0 Å². The van der Waals surface area contributed by atoms with Crippen LogP contribution in [0.4, 0.5) is 11.4 Å². The van der Waals surface area contributed by atoms with E-state index in [9.17, 15) is 29.6 Å². The number of benzene rings is 3. The van der Waals surface area contributed by atoms with Crippen molar-refractivity contribution in [3.05, 3.63) is 99.6 Å². The lowest BCUT2D eigenvalue weighted by molar-refractivity contribution is -0.384. The molecular weight excluding hydrogens is 596 g/mol. The van der Waals surface area contributed by atoms with E-state index in [1.54, 1.807) is 59.5 Å². The molecule has 1 fully saturated rings. The molecule has 1 aromatic heterocycles. The normalized spacial score (nSPS) is 15.6. The number of nitro groups is 1. The van der Waals surface area contributed by atoms with Gasteiger partial charge in [-0.2, -0.15) is 5.21 Å². The van der Waals surface area contributed by atoms with Gasteiger partial charge in [0, 0.05) is 48.2 Å². The third kappa shape index (κ3) is 7.57. The van der Waals surface area contributed by atoms with Gasteiger partial charge < -0.3 is 25.4 Å². The number of non-ortho nitro benzene ring substituents is 1. The highest BCUT2D eigenvalue weighted by atomic mass is 16.6. The number of carbonyl (C=O) groups is 3. The number of hydrogen-bond donors (Lipinski definition) is 4. The van der Waals surface area contributed by atoms with Crippen LogP contribution in [0.3, 0.4) is 0 Å². The number of likely N-dealkylation sites (tertiary alicyclic amines) is 1. The van der Waals surface area contributed by atoms with Crippen molar-refractivity contribution in [2.24, 2.45) is 0 Å². The van der Waals surface area contributed by atoms with Crippen LogP contribution >= 0.6 is 0 Å². The van der Waals surface area contributed by atoms with Crippen LogP contribution in [0.1, 0.15) is 39.1 Å². The molecule has 238 valence electrons. The molecule has 46 heavy (non-hydrogen) atoms. The number of aromatic amines is 1. The Bertz CT molecular complexity index is 1700. The molecule has 0 saturated carbocycles. The van der Waals surface area contributed by atoms with Crippen LogP contribution in [0, 0.1) is 10.1 Å². The van der Waals surface area contributed by atoms with E-state index in [0.29, 0.717) is 35.8 Å². The zero-order chi connectivity index (χ0) is 32.6. The average molecular weight is 629 g/mol. The summed E-state index contributed by atoms with van der Waals surface area (Å²) in [5, 5.41) is 42.0. The Kier molecular flexibility index (Phi) is 10.0. The van der Waals surface area contributed by atoms with Crippen LogP contribution in [0.15, 0.2) is 72.8 Å². The number of nitro benzene ring substituents is 1. The molecular formula is C31H32N8O7. The highest BCUT2D eigenvalue weighted by molar-refractivity contribution is 6.01. The number of rotatable bonds is 12. The standard InChI is InChI=1S/C31H32N8O7/c1-46-18-24-11-6-12-38(24)31(43)22-14-21(16-25(17-22)39(44)45)29(41)33-26(13-19-7-3-2-4-8-19)27(40)30(42)32-23-10-5-9-20(15-23)28-34-36-37-35-28/h2-5,7-10,14-17,24,26-27,40H,6,11-13,18H2,1H3,(H,32,42)(H,33,41)(H,34,35,36,37)/t24-,26+,27+/m1/s1. The molecule has 1 saturated heterocycles. The zero-order valence-electron chi connectivity index (χ0n) is 24.8. The number of nitrogens with zero attached hydrogens (tertiary/aromatic N) is 5. The first-order chi connectivity index (χ1) is 22.2. The van der Waals surface area contributed by atoms with Crippen LogP contribution < -0.4 is 10.6 Å². The van der Waals surface area contributed by atoms with Crippen molar-refractivity contribution in [2.45, 2.75) is 37.5 Å². The second-order valence-electron chi connectivity index (χ2n) is 10.8. The van der Waals surface area contributed by atoms with Crippen molar-refractivity contribution in [3.63, 3.8) is 0 Å². The Morgan fingerprint density at radius 1 is 1.11 bits per heavy atom. The zero-order valence-corrected chi connectivity index (χ0v) is 24.8. The lowest BCUT2D eigenvalue weighted by Crippen LogP contribution is -2.50. The minimum atomic E-state index is -1.74. The van der Waals surface area contributed by atoms with E-state index >= 15 is 0 Å². The number of aliphatic hydroxyl groups excluding tert-OH is 1. The number of ether oxygens (including phenoxy) is 1. The van der Waals surface area contributed by atoms with E-state index in [0.717, 1.165) is 25.0 Å². The first-order valence-electron chi connectivity index (χ1n) is 14.5. The Labute approximate surface area is 263 Å². The molecule has 5 rings (SSSR count). The second kappa shape index (κ2) is 14.5. The molecule has 0 aliphatic carbocycles. The number of aromatic nitrogens is 4. The largest absolute Gasteiger partial charge is 0.383 e. The number of aliphatic hydroxyl groups is 1. The first kappa shape index (κ1) is 31.9. The molecule has 3 atom stereocenters. The van der Waals surface area contributed by atoms with Gasteiger partial charge in [0.15, 0.2) is 6.10 Å². The van der Waals surface area contributed by atoms with E-state index < -0.39 is 40.5 Å². The maximum absolute atomic E-state index is 13.6. The van der Waals surface area contributed by atoms with E-state index in [2.05, 4.69) is 31.3 Å². The van der Waals surface area contributed by atoms with Gasteiger partial charge in [0.1, 0.15) is 0 Å². The third-order valence-corrected chi connectivity index (χ3v) is 7.63. The van der Waals surface area contributed by atoms with Crippen molar-refractivity contribution < 1.29 is 29.2 Å². The van der Waals surface area contributed by atoms with Gasteiger partial charge in [-0.1, -0.05) is 42.5 Å². The van der Waals surface area contributed by atoms with E-state index in [1.165, 1.54) is 13.2 Å². The SMILES string of the molecule is COC[C@H]1CCCN1C(=O)c1cc(C(=O)N[C@@H](Cc2ccccc2)[C@H](O)C(=O)Nc2cccc(-c3nn[nH]n3)c2)cc([N+](=O)[O-])c1. The molecule has 3 amide bonds. The molecule has 2 heterocycles. The Morgan fingerprint density at radius 2 is 1.89 bits per heavy atom. The molecule has 4 N–H and O–H groups in total. The van der Waals surface area contributed by atoms with Crippen LogP contribution in [-0.4, -0.2) is 91.7 Å². The highest BCUT2D eigenvalue weighted by Gasteiger charge is 2.32. The maximum atomic E-state index is 13.6. The lowest BCUT2D eigenvalue weighted by Gasteiger charge is -2.25. The number of anilines is 1. The Morgan fingerprint density at radius 3 is 2.61 bits per heavy atom. The summed E-state index contributed by atoms with van der Waals surface area (Å²) in [5.41, 5.74) is 0.977. The average Bonchev–Trinajstić information content (AvgIpc) is 3.77. The van der Waals surface area contributed by atoms with Crippen molar-refractivity contribution in [1.29, 1.82) is 0 Å². The number of H-pyrrole nitrogens is 1. The molecule has 1 aliphatic rings. The predicted octanol–water partition coefficient (Wildman–Crippen LogP) is 2.37. The molecule has 1 aliphatic heterocycles. The fourth-order valence-corrected chi connectivity index (χ4v) is 5.39. The number of methoxy groups -OCH3 is 1. The molecule has 3 aromatic carbocycles. The Balaban J connectivity index is 1.39. The third-order valence-electron chi connectivity index (χ3n) is 7.63. The number of tetrazole rings is 1. The van der Waals surface area contributed by atoms with Gasteiger partial charge in [0.2, 0.25) is 5.82 Å². The van der Waals surface area contributed by atoms with Crippen LogP contribution in [0.25, 0.3) is 11.4 Å². The summed E-state index contributed by atoms with van der Waals surface area (Å²) >= 11 is 0. The number of amides is 3. The van der Waals surface area contributed by atoms with Gasteiger partial charge in [-0.25, -0.2) is 0 Å². The summed E-state index contributed by atoms with van der Waals surface area (Å²) < 4.78 is 5.23. The number of nitrogens with one attached hydrogen (secondary N) is 3. The highest BCUT2D eigenvalue weighted by Crippen LogP contribution is 2.25. The minimum Gasteiger partial charge on any atom is -0.383 e. The van der Waals surface area contributed by atoms with E-state index in [-0.39, 0.29) is 23.6 Å². The van der Waals surface area contributed by atoms with Gasteiger partial charge in [-0.15, -0.1) is 10.2 Å². The van der Waals surface area contributed by atoms with Crippen LogP contribution in [0.5, 0.6) is 0 Å². The second-order valence-corrected chi connectivity index (χ2v) is 10.8. The smallest absolute Gasteiger partial charge is 0.271 e. The molecule has 0 radical (unpaired) electrons. The molecule has 0 unspecified atom stereocenters. The van der Waals surface area contributed by atoms with Gasteiger partial charge in [0.25, 0.3) is 23.4 Å². The molecule has 15 heteroatoms. The van der Waals surface area contributed by atoms with Crippen molar-refractivity contribution in [1.82, 2.24) is 30.8 Å². The summed E-state index contributed by atoms with van der Waals surface area (Å²) in [7, 11) is 1.53. The van der Waals surface area contributed by atoms with Crippen molar-refractivity contribution in [2.75, 3.05) is 25.6 Å². The molecule has 0 spiro atoms.